The number of nitrogens with two attached hydrogens (primary N) is 1. The number of aromatic carboxylic acids is 1. The highest BCUT2D eigenvalue weighted by Gasteiger charge is 2.20. The van der Waals surface area contributed by atoms with Crippen LogP contribution in [-0.4, -0.2) is 26.0 Å². The number of fused-ring (bicyclic) bond motifs is 1. The summed E-state index contributed by atoms with van der Waals surface area (Å²) in [5.41, 5.74) is 8.47. The minimum Gasteiger partial charge on any atom is -0.476 e. The van der Waals surface area contributed by atoms with Crippen molar-refractivity contribution in [2.75, 3.05) is 5.73 Å². The Balaban J connectivity index is 2.04. The SMILES string of the molecule is Nc1nc(-c2ccccc2)c(-c2cc(Cl)c3ncccc3c2)nc1C(=O)O. The molecule has 3 N–H and O–H groups in total. The molecule has 0 aliphatic rings. The number of halogens is 1. The van der Waals surface area contributed by atoms with Gasteiger partial charge in [-0.05, 0) is 18.2 Å². The van der Waals surface area contributed by atoms with E-state index < -0.39 is 5.97 Å². The van der Waals surface area contributed by atoms with E-state index in [0.29, 0.717) is 27.5 Å². The molecule has 7 heteroatoms. The molecule has 6 nitrogen and oxygen atoms in total. The van der Waals surface area contributed by atoms with Gasteiger partial charge in [0.25, 0.3) is 0 Å². The third-order valence-electron chi connectivity index (χ3n) is 4.10. The number of carboxylic acid groups (broad SMARTS) is 1. The Morgan fingerprint density at radius 1 is 0.963 bits per heavy atom. The standard InChI is InChI=1S/C20H13ClN4O2/c21-14-10-13(9-12-7-4-8-23-15(12)14)17-16(11-5-2-1-3-6-11)25-19(22)18(24-17)20(26)27/h1-10H,(H2,22,25)(H,26,27). The first kappa shape index (κ1) is 16.9. The molecule has 27 heavy (non-hydrogen) atoms. The largest absolute Gasteiger partial charge is 0.476 e. The lowest BCUT2D eigenvalue weighted by Crippen LogP contribution is -2.10. The van der Waals surface area contributed by atoms with Crippen LogP contribution in [0.25, 0.3) is 33.4 Å². The lowest BCUT2D eigenvalue weighted by atomic mass is 10.0. The molecule has 0 atom stereocenters. The van der Waals surface area contributed by atoms with Crippen molar-refractivity contribution in [1.82, 2.24) is 15.0 Å². The molecule has 0 fully saturated rings. The predicted molar refractivity (Wildman–Crippen MR) is 105 cm³/mol. The highest BCUT2D eigenvalue weighted by molar-refractivity contribution is 6.35. The van der Waals surface area contributed by atoms with Crippen molar-refractivity contribution in [3.63, 3.8) is 0 Å². The second-order valence-corrected chi connectivity index (χ2v) is 6.27. The smallest absolute Gasteiger partial charge is 0.358 e. The van der Waals surface area contributed by atoms with Crippen molar-refractivity contribution < 1.29 is 9.90 Å². The zero-order valence-corrected chi connectivity index (χ0v) is 14.7. The molecule has 0 radical (unpaired) electrons. The lowest BCUT2D eigenvalue weighted by Gasteiger charge is -2.12. The van der Waals surface area contributed by atoms with Gasteiger partial charge in [0.05, 0.1) is 21.9 Å². The van der Waals surface area contributed by atoms with E-state index in [9.17, 15) is 9.90 Å². The fourth-order valence-electron chi connectivity index (χ4n) is 2.89. The molecule has 2 aromatic carbocycles. The number of nitrogen functional groups attached to an aromatic ring is 1. The Morgan fingerprint density at radius 3 is 2.44 bits per heavy atom. The first-order chi connectivity index (χ1) is 13.0. The minimum absolute atomic E-state index is 0.140. The fourth-order valence-corrected chi connectivity index (χ4v) is 3.16. The van der Waals surface area contributed by atoms with E-state index in [2.05, 4.69) is 15.0 Å². The Morgan fingerprint density at radius 2 is 1.70 bits per heavy atom. The highest BCUT2D eigenvalue weighted by Crippen LogP contribution is 2.34. The summed E-state index contributed by atoms with van der Waals surface area (Å²) in [5.74, 6) is -1.38. The number of hydrogen-bond donors (Lipinski definition) is 2. The number of pyridine rings is 1. The van der Waals surface area contributed by atoms with Crippen LogP contribution in [0, 0.1) is 0 Å². The van der Waals surface area contributed by atoms with Gasteiger partial charge in [-0.3, -0.25) is 4.98 Å². The van der Waals surface area contributed by atoms with E-state index in [1.54, 1.807) is 18.3 Å². The van der Waals surface area contributed by atoms with Gasteiger partial charge in [-0.2, -0.15) is 0 Å². The molecule has 0 spiro atoms. The summed E-state index contributed by atoms with van der Waals surface area (Å²) >= 11 is 6.39. The number of carbonyl (C=O) groups is 1. The number of nitrogens with zero attached hydrogens (tertiary/aromatic N) is 3. The number of hydrogen-bond acceptors (Lipinski definition) is 5. The van der Waals surface area contributed by atoms with E-state index in [0.717, 1.165) is 10.9 Å². The summed E-state index contributed by atoms with van der Waals surface area (Å²) in [7, 11) is 0. The Hall–Kier alpha value is -3.51. The van der Waals surface area contributed by atoms with Gasteiger partial charge < -0.3 is 10.8 Å². The van der Waals surface area contributed by atoms with Gasteiger partial charge in [-0.1, -0.05) is 48.0 Å². The third kappa shape index (κ3) is 3.07. The van der Waals surface area contributed by atoms with Crippen LogP contribution in [0.15, 0.2) is 60.8 Å². The maximum absolute atomic E-state index is 11.5. The van der Waals surface area contributed by atoms with Gasteiger partial charge in [0.15, 0.2) is 11.5 Å². The Labute approximate surface area is 159 Å². The van der Waals surface area contributed by atoms with Crippen LogP contribution in [0.1, 0.15) is 10.5 Å². The molecule has 4 rings (SSSR count). The van der Waals surface area contributed by atoms with Crippen LogP contribution in [0.4, 0.5) is 5.82 Å². The molecule has 0 aliphatic carbocycles. The number of rotatable bonds is 3. The zero-order valence-electron chi connectivity index (χ0n) is 13.9. The molecular weight excluding hydrogens is 364 g/mol. The molecule has 0 saturated carbocycles. The average Bonchev–Trinajstić information content (AvgIpc) is 2.68. The number of benzene rings is 2. The Bertz CT molecular complexity index is 1180. The van der Waals surface area contributed by atoms with Gasteiger partial charge in [0, 0.05) is 22.7 Å². The maximum Gasteiger partial charge on any atom is 0.358 e. The minimum atomic E-state index is -1.24. The average molecular weight is 377 g/mol. The van der Waals surface area contributed by atoms with Crippen LogP contribution < -0.4 is 5.73 Å². The van der Waals surface area contributed by atoms with E-state index >= 15 is 0 Å². The van der Waals surface area contributed by atoms with Crippen molar-refractivity contribution in [2.45, 2.75) is 0 Å². The second kappa shape index (κ2) is 6.66. The first-order valence-corrected chi connectivity index (χ1v) is 8.43. The molecule has 0 bridgehead atoms. The van der Waals surface area contributed by atoms with Crippen molar-refractivity contribution in [1.29, 1.82) is 0 Å². The summed E-state index contributed by atoms with van der Waals surface area (Å²) in [6.07, 6.45) is 1.66. The van der Waals surface area contributed by atoms with E-state index in [4.69, 9.17) is 17.3 Å². The number of aromatic nitrogens is 3. The zero-order chi connectivity index (χ0) is 19.0. The van der Waals surface area contributed by atoms with Crippen LogP contribution in [0.3, 0.4) is 0 Å². The van der Waals surface area contributed by atoms with Crippen LogP contribution in [0.2, 0.25) is 5.02 Å². The molecule has 0 amide bonds. The van der Waals surface area contributed by atoms with Crippen molar-refractivity contribution in [3.8, 4) is 22.5 Å². The van der Waals surface area contributed by atoms with Crippen LogP contribution in [-0.2, 0) is 0 Å². The summed E-state index contributed by atoms with van der Waals surface area (Å²) in [4.78, 5) is 24.4. The van der Waals surface area contributed by atoms with Crippen LogP contribution in [0.5, 0.6) is 0 Å². The van der Waals surface area contributed by atoms with Crippen molar-refractivity contribution in [2.24, 2.45) is 0 Å². The highest BCUT2D eigenvalue weighted by atomic mass is 35.5. The maximum atomic E-state index is 11.5. The summed E-state index contributed by atoms with van der Waals surface area (Å²) < 4.78 is 0. The van der Waals surface area contributed by atoms with Gasteiger partial charge >= 0.3 is 5.97 Å². The molecule has 0 aliphatic heterocycles. The molecule has 4 aromatic rings. The van der Waals surface area contributed by atoms with Crippen LogP contribution >= 0.6 is 11.6 Å². The van der Waals surface area contributed by atoms with E-state index in [1.165, 1.54) is 0 Å². The fraction of sp³-hybridized carbons (Fsp3) is 0. The first-order valence-electron chi connectivity index (χ1n) is 8.05. The van der Waals surface area contributed by atoms with Gasteiger partial charge in [-0.25, -0.2) is 14.8 Å². The molecule has 2 heterocycles. The molecule has 132 valence electrons. The quantitative estimate of drug-likeness (QED) is 0.553. The normalized spacial score (nSPS) is 10.9. The number of anilines is 1. The summed E-state index contributed by atoms with van der Waals surface area (Å²) in [6, 6.07) is 16.6. The van der Waals surface area contributed by atoms with Gasteiger partial charge in [0.1, 0.15) is 0 Å². The van der Waals surface area contributed by atoms with Crippen molar-refractivity contribution in [3.05, 3.63) is 71.5 Å². The predicted octanol–water partition coefficient (Wildman–Crippen LogP) is 4.29. The summed E-state index contributed by atoms with van der Waals surface area (Å²) in [6.45, 7) is 0. The summed E-state index contributed by atoms with van der Waals surface area (Å²) in [5, 5.41) is 10.7. The molecular formula is C20H13ClN4O2. The molecule has 0 saturated heterocycles. The molecule has 0 unspecified atom stereocenters. The van der Waals surface area contributed by atoms with E-state index in [1.807, 2.05) is 42.5 Å². The second-order valence-electron chi connectivity index (χ2n) is 5.86. The third-order valence-corrected chi connectivity index (χ3v) is 4.39. The van der Waals surface area contributed by atoms with E-state index in [-0.39, 0.29) is 11.5 Å². The topological polar surface area (TPSA) is 102 Å². The number of carboxylic acids is 1. The van der Waals surface area contributed by atoms with Gasteiger partial charge in [0.2, 0.25) is 0 Å². The van der Waals surface area contributed by atoms with Crippen molar-refractivity contribution >= 4 is 34.3 Å². The monoisotopic (exact) mass is 376 g/mol. The Kier molecular flexibility index (Phi) is 4.18. The lowest BCUT2D eigenvalue weighted by molar-refractivity contribution is 0.0691. The molecule has 2 aromatic heterocycles. The van der Waals surface area contributed by atoms with Gasteiger partial charge in [-0.15, -0.1) is 0 Å².